The van der Waals surface area contributed by atoms with Crippen molar-refractivity contribution < 1.29 is 14.3 Å². The zero-order valence-electron chi connectivity index (χ0n) is 12.0. The number of ether oxygens (including phenoxy) is 1. The predicted molar refractivity (Wildman–Crippen MR) is 83.5 cm³/mol. The van der Waals surface area contributed by atoms with Gasteiger partial charge in [0.2, 0.25) is 11.8 Å². The van der Waals surface area contributed by atoms with Crippen LogP contribution in [-0.4, -0.2) is 36.0 Å². The number of aromatic nitrogens is 1. The lowest BCUT2D eigenvalue weighted by molar-refractivity contribution is -0.129. The Bertz CT molecular complexity index is 648. The highest BCUT2D eigenvalue weighted by Gasteiger charge is 2.23. The van der Waals surface area contributed by atoms with Gasteiger partial charge in [0.25, 0.3) is 0 Å². The van der Waals surface area contributed by atoms with Crippen molar-refractivity contribution in [2.75, 3.05) is 13.2 Å². The molecule has 1 saturated carbocycles. The Balaban J connectivity index is 1.36. The van der Waals surface area contributed by atoms with Gasteiger partial charge in [-0.05, 0) is 25.0 Å². The molecule has 0 bridgehead atoms. The van der Waals surface area contributed by atoms with E-state index in [0.29, 0.717) is 12.6 Å². The van der Waals surface area contributed by atoms with E-state index in [-0.39, 0.29) is 25.0 Å². The van der Waals surface area contributed by atoms with E-state index in [1.807, 2.05) is 24.3 Å². The number of carbonyl (C=O) groups is 2. The molecule has 3 rings (SSSR count). The molecule has 1 aromatic carbocycles. The number of nitrogens with zero attached hydrogens (tertiary/aromatic N) is 1. The summed E-state index contributed by atoms with van der Waals surface area (Å²) in [6.45, 7) is 0.216. The molecule has 0 saturated heterocycles. The molecule has 1 fully saturated rings. The summed E-state index contributed by atoms with van der Waals surface area (Å²) in [4.78, 5) is 27.4. The first-order chi connectivity index (χ1) is 10.7. The number of thiazole rings is 1. The second-order valence-electron chi connectivity index (χ2n) is 5.19. The van der Waals surface area contributed by atoms with Crippen molar-refractivity contribution in [3.63, 3.8) is 0 Å². The molecular weight excluding hydrogens is 302 g/mol. The minimum Gasteiger partial charge on any atom is -0.364 e. The number of rotatable bonds is 7. The molecule has 0 unspecified atom stereocenters. The molecule has 22 heavy (non-hydrogen) atoms. The summed E-state index contributed by atoms with van der Waals surface area (Å²) in [6.07, 6.45) is 2.07. The van der Waals surface area contributed by atoms with Gasteiger partial charge in [0, 0.05) is 6.04 Å². The highest BCUT2D eigenvalue weighted by Crippen LogP contribution is 2.21. The predicted octanol–water partition coefficient (Wildman–Crippen LogP) is 1.21. The average Bonchev–Trinajstić information content (AvgIpc) is 3.21. The summed E-state index contributed by atoms with van der Waals surface area (Å²) in [5.41, 5.74) is 0.937. The average molecular weight is 319 g/mol. The summed E-state index contributed by atoms with van der Waals surface area (Å²) in [5.74, 6) is -0.450. The molecule has 0 aliphatic heterocycles. The molecular formula is C15H17N3O3S. The summed E-state index contributed by atoms with van der Waals surface area (Å²) in [7, 11) is 0. The third-order valence-corrected chi connectivity index (χ3v) is 4.20. The summed E-state index contributed by atoms with van der Waals surface area (Å²) < 4.78 is 6.44. The lowest BCUT2D eigenvalue weighted by atomic mass is 10.3. The van der Waals surface area contributed by atoms with Gasteiger partial charge in [-0.25, -0.2) is 4.98 Å². The standard InChI is InChI=1S/C15H17N3O3S/c19-13(17-10-5-6-10)7-16-14(20)8-21-9-15-18-11-3-1-2-4-12(11)22-15/h1-4,10H,5-9H2,(H,16,20)(H,17,19). The summed E-state index contributed by atoms with van der Waals surface area (Å²) in [6, 6.07) is 8.15. The maximum atomic E-state index is 11.6. The minimum absolute atomic E-state index is 0.000168. The van der Waals surface area contributed by atoms with Crippen molar-refractivity contribution in [3.8, 4) is 0 Å². The van der Waals surface area contributed by atoms with Crippen LogP contribution in [0.5, 0.6) is 0 Å². The van der Waals surface area contributed by atoms with Crippen LogP contribution in [0.4, 0.5) is 0 Å². The Morgan fingerprint density at radius 1 is 1.27 bits per heavy atom. The van der Waals surface area contributed by atoms with Gasteiger partial charge >= 0.3 is 0 Å². The number of hydrogen-bond donors (Lipinski definition) is 2. The van der Waals surface area contributed by atoms with Crippen LogP contribution in [0, 0.1) is 0 Å². The zero-order valence-corrected chi connectivity index (χ0v) is 12.8. The van der Waals surface area contributed by atoms with Crippen LogP contribution in [-0.2, 0) is 20.9 Å². The number of amides is 2. The molecule has 0 spiro atoms. The minimum atomic E-state index is -0.299. The fourth-order valence-electron chi connectivity index (χ4n) is 1.95. The molecule has 1 aromatic heterocycles. The summed E-state index contributed by atoms with van der Waals surface area (Å²) >= 11 is 1.55. The van der Waals surface area contributed by atoms with Gasteiger partial charge in [-0.15, -0.1) is 11.3 Å². The van der Waals surface area contributed by atoms with E-state index < -0.39 is 0 Å². The largest absolute Gasteiger partial charge is 0.364 e. The number of benzene rings is 1. The van der Waals surface area contributed by atoms with Crippen molar-refractivity contribution in [2.45, 2.75) is 25.5 Å². The first-order valence-electron chi connectivity index (χ1n) is 7.19. The number of fused-ring (bicyclic) bond motifs is 1. The van der Waals surface area contributed by atoms with Crippen LogP contribution >= 0.6 is 11.3 Å². The quantitative estimate of drug-likeness (QED) is 0.804. The molecule has 6 nitrogen and oxygen atoms in total. The van der Waals surface area contributed by atoms with Gasteiger partial charge in [0.15, 0.2) is 0 Å². The lowest BCUT2D eigenvalue weighted by Crippen LogP contribution is -2.39. The maximum Gasteiger partial charge on any atom is 0.246 e. The van der Waals surface area contributed by atoms with E-state index in [9.17, 15) is 9.59 Å². The van der Waals surface area contributed by atoms with E-state index >= 15 is 0 Å². The molecule has 2 N–H and O–H groups in total. The van der Waals surface area contributed by atoms with Crippen molar-refractivity contribution in [3.05, 3.63) is 29.3 Å². The second kappa shape index (κ2) is 6.85. The maximum absolute atomic E-state index is 11.6. The van der Waals surface area contributed by atoms with Gasteiger partial charge in [0.05, 0.1) is 23.4 Å². The van der Waals surface area contributed by atoms with Crippen molar-refractivity contribution in [1.82, 2.24) is 15.6 Å². The molecule has 0 atom stereocenters. The molecule has 2 amide bonds. The first-order valence-corrected chi connectivity index (χ1v) is 8.00. The Kier molecular flexibility index (Phi) is 4.65. The van der Waals surface area contributed by atoms with Gasteiger partial charge in [0.1, 0.15) is 11.6 Å². The third-order valence-electron chi connectivity index (χ3n) is 3.19. The highest BCUT2D eigenvalue weighted by molar-refractivity contribution is 7.18. The fraction of sp³-hybridized carbons (Fsp3) is 0.400. The van der Waals surface area contributed by atoms with E-state index in [0.717, 1.165) is 28.1 Å². The van der Waals surface area contributed by atoms with Crippen molar-refractivity contribution in [1.29, 1.82) is 0 Å². The topological polar surface area (TPSA) is 80.3 Å². The molecule has 7 heteroatoms. The Morgan fingerprint density at radius 3 is 2.86 bits per heavy atom. The molecule has 0 radical (unpaired) electrons. The SMILES string of the molecule is O=C(COCc1nc2ccccc2s1)NCC(=O)NC1CC1. The fourth-order valence-corrected chi connectivity index (χ4v) is 2.85. The van der Waals surface area contributed by atoms with Gasteiger partial charge < -0.3 is 15.4 Å². The lowest BCUT2D eigenvalue weighted by Gasteiger charge is -2.06. The second-order valence-corrected chi connectivity index (χ2v) is 6.30. The van der Waals surface area contributed by atoms with E-state index in [1.54, 1.807) is 11.3 Å². The van der Waals surface area contributed by atoms with Crippen LogP contribution in [0.1, 0.15) is 17.8 Å². The van der Waals surface area contributed by atoms with E-state index in [4.69, 9.17) is 4.74 Å². The monoisotopic (exact) mass is 319 g/mol. The first kappa shape index (κ1) is 14.9. The Hall–Kier alpha value is -1.99. The molecule has 2 aromatic rings. The molecule has 1 aliphatic rings. The smallest absolute Gasteiger partial charge is 0.246 e. The van der Waals surface area contributed by atoms with Crippen molar-refractivity contribution in [2.24, 2.45) is 0 Å². The number of nitrogens with one attached hydrogen (secondary N) is 2. The highest BCUT2D eigenvalue weighted by atomic mass is 32.1. The van der Waals surface area contributed by atoms with E-state index in [1.165, 1.54) is 0 Å². The molecule has 1 aliphatic carbocycles. The van der Waals surface area contributed by atoms with Crippen LogP contribution in [0.2, 0.25) is 0 Å². The van der Waals surface area contributed by atoms with Gasteiger partial charge in [-0.1, -0.05) is 12.1 Å². The third kappa shape index (κ3) is 4.25. The van der Waals surface area contributed by atoms with Crippen LogP contribution in [0.3, 0.4) is 0 Å². The van der Waals surface area contributed by atoms with Gasteiger partial charge in [-0.3, -0.25) is 9.59 Å². The molecule has 1 heterocycles. The normalized spacial score (nSPS) is 14.0. The molecule has 116 valence electrons. The summed E-state index contributed by atoms with van der Waals surface area (Å²) in [5, 5.41) is 6.17. The van der Waals surface area contributed by atoms with Gasteiger partial charge in [-0.2, -0.15) is 0 Å². The number of carbonyl (C=O) groups excluding carboxylic acids is 2. The zero-order chi connectivity index (χ0) is 15.4. The van der Waals surface area contributed by atoms with Crippen LogP contribution in [0.25, 0.3) is 10.2 Å². The van der Waals surface area contributed by atoms with Crippen molar-refractivity contribution >= 4 is 33.4 Å². The Labute approximate surface area is 131 Å². The van der Waals surface area contributed by atoms with Crippen LogP contribution in [0.15, 0.2) is 24.3 Å². The Morgan fingerprint density at radius 2 is 2.09 bits per heavy atom. The van der Waals surface area contributed by atoms with E-state index in [2.05, 4.69) is 15.6 Å². The number of hydrogen-bond acceptors (Lipinski definition) is 5. The number of para-hydroxylation sites is 1. The van der Waals surface area contributed by atoms with Crippen LogP contribution < -0.4 is 10.6 Å².